The van der Waals surface area contributed by atoms with Crippen molar-refractivity contribution in [1.82, 2.24) is 20.6 Å². The first kappa shape index (κ1) is 22.3. The Balaban J connectivity index is 0.00000280. The molecule has 1 aliphatic rings. The van der Waals surface area contributed by atoms with Crippen LogP contribution in [0.5, 0.6) is 0 Å². The van der Waals surface area contributed by atoms with E-state index >= 15 is 0 Å². The van der Waals surface area contributed by atoms with E-state index in [0.29, 0.717) is 18.9 Å². The molecule has 0 spiro atoms. The number of hydrogen-bond acceptors (Lipinski definition) is 4. The van der Waals surface area contributed by atoms with Crippen LogP contribution in [0, 0.1) is 12.7 Å². The smallest absolute Gasteiger partial charge is 0.191 e. The number of hydrogen-bond donors (Lipinski definition) is 2. The molecular weight excluding hydrogens is 470 g/mol. The SMILES string of the molecule is CCNC(=NCCc1ccncc1C)NC1CCN(c2ncccc2F)C1.I. The molecule has 8 heteroatoms. The summed E-state index contributed by atoms with van der Waals surface area (Å²) in [6.45, 7) is 7.10. The molecule has 2 aromatic rings. The fourth-order valence-electron chi connectivity index (χ4n) is 3.26. The zero-order valence-corrected chi connectivity index (χ0v) is 18.7. The molecule has 1 aliphatic heterocycles. The van der Waals surface area contributed by atoms with Gasteiger partial charge in [0.15, 0.2) is 17.6 Å². The number of halogens is 2. The first-order valence-electron chi connectivity index (χ1n) is 9.47. The lowest BCUT2D eigenvalue weighted by molar-refractivity contribution is 0.612. The van der Waals surface area contributed by atoms with Gasteiger partial charge in [0.25, 0.3) is 0 Å². The maximum Gasteiger partial charge on any atom is 0.191 e. The van der Waals surface area contributed by atoms with Crippen LogP contribution in [0.2, 0.25) is 0 Å². The molecule has 152 valence electrons. The lowest BCUT2D eigenvalue weighted by Crippen LogP contribution is -2.44. The molecule has 0 amide bonds. The summed E-state index contributed by atoms with van der Waals surface area (Å²) in [6, 6.07) is 5.33. The van der Waals surface area contributed by atoms with E-state index < -0.39 is 0 Å². The zero-order valence-electron chi connectivity index (χ0n) is 16.4. The van der Waals surface area contributed by atoms with Gasteiger partial charge in [0, 0.05) is 50.8 Å². The molecule has 1 atom stereocenters. The molecule has 2 N–H and O–H groups in total. The highest BCUT2D eigenvalue weighted by Gasteiger charge is 2.25. The second-order valence-electron chi connectivity index (χ2n) is 6.70. The van der Waals surface area contributed by atoms with Crippen molar-refractivity contribution >= 4 is 35.8 Å². The third-order valence-electron chi connectivity index (χ3n) is 4.70. The van der Waals surface area contributed by atoms with Gasteiger partial charge >= 0.3 is 0 Å². The molecule has 1 fully saturated rings. The first-order valence-corrected chi connectivity index (χ1v) is 9.47. The highest BCUT2D eigenvalue weighted by Crippen LogP contribution is 2.20. The second kappa shape index (κ2) is 11.1. The number of guanidine groups is 1. The third kappa shape index (κ3) is 6.02. The summed E-state index contributed by atoms with van der Waals surface area (Å²) in [5.74, 6) is 0.959. The van der Waals surface area contributed by atoms with Gasteiger partial charge in [0.2, 0.25) is 0 Å². The van der Waals surface area contributed by atoms with Gasteiger partial charge in [0.1, 0.15) is 0 Å². The normalized spacial score (nSPS) is 16.6. The standard InChI is InChI=1S/C20H27FN6.HI/c1-3-23-20(25-11-7-16-6-10-22-13-15(16)2)26-17-8-12-27(14-17)19-18(21)5-4-9-24-19;/h4-6,9-10,13,17H,3,7-8,11-12,14H2,1-2H3,(H2,23,25,26);1H. The van der Waals surface area contributed by atoms with Gasteiger partial charge in [-0.25, -0.2) is 9.37 Å². The Morgan fingerprint density at radius 2 is 2.21 bits per heavy atom. The van der Waals surface area contributed by atoms with Gasteiger partial charge < -0.3 is 15.5 Å². The minimum atomic E-state index is -0.272. The van der Waals surface area contributed by atoms with E-state index in [1.165, 1.54) is 17.2 Å². The predicted octanol–water partition coefficient (Wildman–Crippen LogP) is 2.92. The van der Waals surface area contributed by atoms with Crippen LogP contribution in [-0.4, -0.2) is 48.1 Å². The van der Waals surface area contributed by atoms with E-state index in [-0.39, 0.29) is 35.8 Å². The van der Waals surface area contributed by atoms with Crippen LogP contribution in [-0.2, 0) is 6.42 Å². The van der Waals surface area contributed by atoms with E-state index in [0.717, 1.165) is 31.9 Å². The van der Waals surface area contributed by atoms with Gasteiger partial charge in [-0.05, 0) is 56.0 Å². The summed E-state index contributed by atoms with van der Waals surface area (Å²) in [4.78, 5) is 15.0. The largest absolute Gasteiger partial charge is 0.357 e. The molecule has 1 unspecified atom stereocenters. The third-order valence-corrected chi connectivity index (χ3v) is 4.70. The van der Waals surface area contributed by atoms with Crippen molar-refractivity contribution in [2.75, 3.05) is 31.1 Å². The summed E-state index contributed by atoms with van der Waals surface area (Å²) >= 11 is 0. The minimum absolute atomic E-state index is 0. The van der Waals surface area contributed by atoms with Crippen LogP contribution in [0.15, 0.2) is 41.8 Å². The van der Waals surface area contributed by atoms with Crippen molar-refractivity contribution in [3.05, 3.63) is 53.7 Å². The van der Waals surface area contributed by atoms with Crippen molar-refractivity contribution < 1.29 is 4.39 Å². The lowest BCUT2D eigenvalue weighted by atomic mass is 10.1. The van der Waals surface area contributed by atoms with E-state index in [9.17, 15) is 4.39 Å². The van der Waals surface area contributed by atoms with Crippen LogP contribution in [0.3, 0.4) is 0 Å². The molecular formula is C20H28FIN6. The van der Waals surface area contributed by atoms with E-state index in [4.69, 9.17) is 4.99 Å². The lowest BCUT2D eigenvalue weighted by Gasteiger charge is -2.20. The number of aromatic nitrogens is 2. The Labute approximate surface area is 183 Å². The quantitative estimate of drug-likeness (QED) is 0.365. The summed E-state index contributed by atoms with van der Waals surface area (Å²) < 4.78 is 13.9. The molecule has 3 heterocycles. The highest BCUT2D eigenvalue weighted by molar-refractivity contribution is 14.0. The number of nitrogens with zero attached hydrogens (tertiary/aromatic N) is 4. The van der Waals surface area contributed by atoms with Crippen LogP contribution < -0.4 is 15.5 Å². The molecule has 2 aromatic heterocycles. The average Bonchev–Trinajstić information content (AvgIpc) is 3.12. The highest BCUT2D eigenvalue weighted by atomic mass is 127. The second-order valence-corrected chi connectivity index (χ2v) is 6.70. The van der Waals surface area contributed by atoms with Crippen LogP contribution in [0.1, 0.15) is 24.5 Å². The van der Waals surface area contributed by atoms with Crippen molar-refractivity contribution in [3.63, 3.8) is 0 Å². The zero-order chi connectivity index (χ0) is 19.1. The van der Waals surface area contributed by atoms with Gasteiger partial charge in [-0.3, -0.25) is 9.98 Å². The predicted molar refractivity (Wildman–Crippen MR) is 122 cm³/mol. The number of pyridine rings is 2. The Bertz CT molecular complexity index is 785. The van der Waals surface area contributed by atoms with E-state index in [1.54, 1.807) is 12.3 Å². The Morgan fingerprint density at radius 3 is 2.96 bits per heavy atom. The summed E-state index contributed by atoms with van der Waals surface area (Å²) in [5.41, 5.74) is 2.46. The van der Waals surface area contributed by atoms with E-state index in [1.807, 2.05) is 23.4 Å². The van der Waals surface area contributed by atoms with Crippen molar-refractivity contribution in [2.24, 2.45) is 4.99 Å². The van der Waals surface area contributed by atoms with E-state index in [2.05, 4.69) is 34.4 Å². The Hall–Kier alpha value is -1.97. The number of nitrogens with one attached hydrogen (secondary N) is 2. The number of aryl methyl sites for hydroxylation is 1. The number of aliphatic imine (C=N–C) groups is 1. The van der Waals surface area contributed by atoms with Crippen LogP contribution in [0.4, 0.5) is 10.2 Å². The molecule has 0 aliphatic carbocycles. The van der Waals surface area contributed by atoms with Crippen LogP contribution in [0.25, 0.3) is 0 Å². The molecule has 0 radical (unpaired) electrons. The van der Waals surface area contributed by atoms with Crippen molar-refractivity contribution in [3.8, 4) is 0 Å². The monoisotopic (exact) mass is 498 g/mol. The molecule has 6 nitrogen and oxygen atoms in total. The number of anilines is 1. The number of rotatable bonds is 6. The molecule has 1 saturated heterocycles. The van der Waals surface area contributed by atoms with Crippen molar-refractivity contribution in [1.29, 1.82) is 0 Å². The minimum Gasteiger partial charge on any atom is -0.357 e. The van der Waals surface area contributed by atoms with Crippen molar-refractivity contribution in [2.45, 2.75) is 32.7 Å². The fourth-order valence-corrected chi connectivity index (χ4v) is 3.26. The Morgan fingerprint density at radius 1 is 1.36 bits per heavy atom. The average molecular weight is 498 g/mol. The fraction of sp³-hybridized carbons (Fsp3) is 0.450. The van der Waals surface area contributed by atoms with Crippen LogP contribution >= 0.6 is 24.0 Å². The first-order chi connectivity index (χ1) is 13.2. The molecule has 0 bridgehead atoms. The Kier molecular flexibility index (Phi) is 8.88. The van der Waals surface area contributed by atoms with Gasteiger partial charge in [-0.1, -0.05) is 0 Å². The molecule has 0 saturated carbocycles. The summed E-state index contributed by atoms with van der Waals surface area (Å²) in [6.07, 6.45) is 7.13. The van der Waals surface area contributed by atoms with Gasteiger partial charge in [0.05, 0.1) is 0 Å². The molecule has 3 rings (SSSR count). The molecule has 0 aromatic carbocycles. The maximum atomic E-state index is 13.9. The maximum absolute atomic E-state index is 13.9. The summed E-state index contributed by atoms with van der Waals surface area (Å²) in [7, 11) is 0. The summed E-state index contributed by atoms with van der Waals surface area (Å²) in [5, 5.41) is 6.77. The topological polar surface area (TPSA) is 65.4 Å². The van der Waals surface area contributed by atoms with Gasteiger partial charge in [-0.15, -0.1) is 24.0 Å². The molecule has 28 heavy (non-hydrogen) atoms. The van der Waals surface area contributed by atoms with Gasteiger partial charge in [-0.2, -0.15) is 0 Å².